The van der Waals surface area contributed by atoms with Crippen molar-refractivity contribution in [2.24, 2.45) is 0 Å². The van der Waals surface area contributed by atoms with Gasteiger partial charge in [-0.1, -0.05) is 30.3 Å². The van der Waals surface area contributed by atoms with Crippen LogP contribution in [0.15, 0.2) is 30.3 Å². The maximum Gasteiger partial charge on any atom is 0.408 e. The van der Waals surface area contributed by atoms with Gasteiger partial charge in [0.1, 0.15) is 19.8 Å². The van der Waals surface area contributed by atoms with Gasteiger partial charge in [-0.15, -0.1) is 31.1 Å². The number of hydrogen-bond donors (Lipinski definition) is 1. The Morgan fingerprint density at radius 2 is 1.54 bits per heavy atom. The van der Waals surface area contributed by atoms with Crippen molar-refractivity contribution < 1.29 is 28.6 Å². The quantitative estimate of drug-likeness (QED) is 0.229. The lowest BCUT2D eigenvalue weighted by atomic mass is 9.92. The van der Waals surface area contributed by atoms with Crippen molar-refractivity contribution >= 4 is 18.0 Å². The molecule has 0 fully saturated rings. The van der Waals surface area contributed by atoms with Gasteiger partial charge in [0.2, 0.25) is 0 Å². The zero-order chi connectivity index (χ0) is 20.8. The van der Waals surface area contributed by atoms with E-state index in [-0.39, 0.29) is 32.7 Å². The van der Waals surface area contributed by atoms with Crippen LogP contribution in [0.3, 0.4) is 0 Å². The van der Waals surface area contributed by atoms with Crippen molar-refractivity contribution in [3.63, 3.8) is 0 Å². The third-order valence-corrected chi connectivity index (χ3v) is 3.42. The average Bonchev–Trinajstić information content (AvgIpc) is 2.70. The van der Waals surface area contributed by atoms with Gasteiger partial charge in [-0.2, -0.15) is 0 Å². The fraction of sp³-hybridized carbons (Fsp3) is 0.286. The molecule has 0 aromatic heterocycles. The number of esters is 2. The minimum atomic E-state index is -1.67. The van der Waals surface area contributed by atoms with E-state index >= 15 is 0 Å². The minimum Gasteiger partial charge on any atom is -0.460 e. The topological polar surface area (TPSA) is 90.9 Å². The number of rotatable bonds is 9. The highest BCUT2D eigenvalue weighted by Gasteiger charge is 2.41. The molecule has 0 aliphatic carbocycles. The molecule has 7 heteroatoms. The van der Waals surface area contributed by atoms with Crippen LogP contribution in [-0.2, 0) is 30.4 Å². The number of hydrogen-bond acceptors (Lipinski definition) is 6. The van der Waals surface area contributed by atoms with E-state index in [0.29, 0.717) is 0 Å². The molecule has 144 valence electrons. The number of alkyl carbamates (subject to hydrolysis) is 1. The van der Waals surface area contributed by atoms with Crippen LogP contribution in [-0.4, -0.2) is 36.8 Å². The average molecular weight is 381 g/mol. The van der Waals surface area contributed by atoms with Crippen LogP contribution in [0.5, 0.6) is 0 Å². The summed E-state index contributed by atoms with van der Waals surface area (Å²) in [6.45, 7) is -0.550. The summed E-state index contributed by atoms with van der Waals surface area (Å²) >= 11 is 0. The number of terminal acetylenes is 3. The van der Waals surface area contributed by atoms with Gasteiger partial charge in [0, 0.05) is 18.8 Å². The zero-order valence-electron chi connectivity index (χ0n) is 15.1. The fourth-order valence-electron chi connectivity index (χ4n) is 2.10. The third-order valence-electron chi connectivity index (χ3n) is 3.42. The molecule has 0 radical (unpaired) electrons. The van der Waals surface area contributed by atoms with Crippen molar-refractivity contribution in [3.05, 3.63) is 35.9 Å². The summed E-state index contributed by atoms with van der Waals surface area (Å²) in [6, 6.07) is 8.96. The summed E-state index contributed by atoms with van der Waals surface area (Å²) in [7, 11) is 0. The Balaban J connectivity index is 2.73. The molecule has 0 saturated heterocycles. The van der Waals surface area contributed by atoms with Gasteiger partial charge in [-0.05, 0) is 5.56 Å². The van der Waals surface area contributed by atoms with E-state index < -0.39 is 23.6 Å². The van der Waals surface area contributed by atoms with Crippen LogP contribution in [0.2, 0.25) is 0 Å². The lowest BCUT2D eigenvalue weighted by molar-refractivity contribution is -0.155. The first-order valence-electron chi connectivity index (χ1n) is 8.14. The number of amides is 1. The molecule has 0 atom stereocenters. The molecule has 7 nitrogen and oxygen atoms in total. The Hall–Kier alpha value is -3.89. The van der Waals surface area contributed by atoms with E-state index in [2.05, 4.69) is 21.9 Å². The second kappa shape index (κ2) is 11.7. The lowest BCUT2D eigenvalue weighted by Crippen LogP contribution is -2.55. The molecular weight excluding hydrogens is 362 g/mol. The molecule has 1 aromatic carbocycles. The van der Waals surface area contributed by atoms with Crippen LogP contribution < -0.4 is 5.32 Å². The molecule has 1 rings (SSSR count). The van der Waals surface area contributed by atoms with Crippen molar-refractivity contribution in [1.82, 2.24) is 5.32 Å². The second-order valence-corrected chi connectivity index (χ2v) is 5.45. The van der Waals surface area contributed by atoms with Crippen LogP contribution in [0.25, 0.3) is 0 Å². The first-order valence-corrected chi connectivity index (χ1v) is 8.14. The van der Waals surface area contributed by atoms with Gasteiger partial charge >= 0.3 is 18.0 Å². The van der Waals surface area contributed by atoms with Crippen LogP contribution in [0.4, 0.5) is 4.79 Å². The Labute approximate surface area is 163 Å². The maximum atomic E-state index is 12.5. The Kier molecular flexibility index (Phi) is 9.23. The number of benzene rings is 1. The van der Waals surface area contributed by atoms with Gasteiger partial charge in [0.05, 0.1) is 0 Å². The standard InChI is InChI=1S/C21H19NO6/c1-4-12-21(13-5-2,19(24)27-15-14-26-18(23)6-3)22-20(25)28-16-17-10-8-7-9-11-17/h1-3,7-11H,12-16H2,(H,22,25). The molecule has 1 aromatic rings. The first-order chi connectivity index (χ1) is 13.5. The molecule has 0 bridgehead atoms. The van der Waals surface area contributed by atoms with Gasteiger partial charge < -0.3 is 19.5 Å². The summed E-state index contributed by atoms with van der Waals surface area (Å²) in [5.74, 6) is 4.57. The lowest BCUT2D eigenvalue weighted by Gasteiger charge is -2.28. The fourth-order valence-corrected chi connectivity index (χ4v) is 2.10. The van der Waals surface area contributed by atoms with E-state index in [1.807, 2.05) is 6.07 Å². The molecule has 0 heterocycles. The highest BCUT2D eigenvalue weighted by Crippen LogP contribution is 2.18. The van der Waals surface area contributed by atoms with Crippen molar-refractivity contribution in [1.29, 1.82) is 0 Å². The molecule has 28 heavy (non-hydrogen) atoms. The van der Waals surface area contributed by atoms with Gasteiger partial charge in [0.15, 0.2) is 5.54 Å². The largest absolute Gasteiger partial charge is 0.460 e. The smallest absolute Gasteiger partial charge is 0.408 e. The molecule has 1 amide bonds. The van der Waals surface area contributed by atoms with E-state index in [1.54, 1.807) is 30.2 Å². The van der Waals surface area contributed by atoms with Crippen molar-refractivity contribution in [2.45, 2.75) is 25.0 Å². The molecule has 0 spiro atoms. The van der Waals surface area contributed by atoms with Crippen molar-refractivity contribution in [3.8, 4) is 37.0 Å². The number of carbonyl (C=O) groups is 3. The monoisotopic (exact) mass is 381 g/mol. The first kappa shape index (κ1) is 22.2. The van der Waals surface area contributed by atoms with E-state index in [4.69, 9.17) is 28.7 Å². The van der Waals surface area contributed by atoms with Gasteiger partial charge in [0.25, 0.3) is 0 Å². The van der Waals surface area contributed by atoms with E-state index in [9.17, 15) is 14.4 Å². The Bertz CT molecular complexity index is 794. The van der Waals surface area contributed by atoms with Crippen LogP contribution in [0, 0.1) is 37.0 Å². The number of carbonyl (C=O) groups excluding carboxylic acids is 3. The second-order valence-electron chi connectivity index (χ2n) is 5.45. The van der Waals surface area contributed by atoms with Crippen LogP contribution in [0.1, 0.15) is 18.4 Å². The number of ether oxygens (including phenoxy) is 3. The summed E-state index contributed by atoms with van der Waals surface area (Å²) in [5, 5.41) is 2.40. The summed E-state index contributed by atoms with van der Waals surface area (Å²) < 4.78 is 14.7. The minimum absolute atomic E-state index is 0.00799. The Morgan fingerprint density at radius 1 is 0.929 bits per heavy atom. The predicted molar refractivity (Wildman–Crippen MR) is 100 cm³/mol. The molecule has 0 unspecified atom stereocenters. The molecule has 0 aliphatic heterocycles. The zero-order valence-corrected chi connectivity index (χ0v) is 15.1. The van der Waals surface area contributed by atoms with E-state index in [0.717, 1.165) is 5.56 Å². The van der Waals surface area contributed by atoms with Crippen LogP contribution >= 0.6 is 0 Å². The normalized spacial score (nSPS) is 9.75. The van der Waals surface area contributed by atoms with Crippen molar-refractivity contribution in [2.75, 3.05) is 13.2 Å². The predicted octanol–water partition coefficient (Wildman–Crippen LogP) is 1.42. The summed E-state index contributed by atoms with van der Waals surface area (Å²) in [4.78, 5) is 35.5. The molecule has 1 N–H and O–H groups in total. The highest BCUT2D eigenvalue weighted by atomic mass is 16.6. The SMILES string of the molecule is C#CCC(CC#C)(NC(=O)OCc1ccccc1)C(=O)OCCOC(=O)C#C. The summed E-state index contributed by atoms with van der Waals surface area (Å²) in [5.41, 5.74) is -0.914. The molecular formula is C21H19NO6. The molecule has 0 saturated carbocycles. The Morgan fingerprint density at radius 3 is 2.11 bits per heavy atom. The highest BCUT2D eigenvalue weighted by molar-refractivity contribution is 5.88. The third kappa shape index (κ3) is 7.15. The van der Waals surface area contributed by atoms with Gasteiger partial charge in [-0.3, -0.25) is 0 Å². The molecule has 0 aliphatic rings. The summed E-state index contributed by atoms with van der Waals surface area (Å²) in [6.07, 6.45) is 14.2. The van der Waals surface area contributed by atoms with Gasteiger partial charge in [-0.25, -0.2) is 14.4 Å². The maximum absolute atomic E-state index is 12.5. The number of nitrogens with one attached hydrogen (secondary N) is 1. The van der Waals surface area contributed by atoms with E-state index in [1.165, 1.54) is 0 Å².